The maximum atomic E-state index is 13.7. The van der Waals surface area contributed by atoms with Crippen LogP contribution in [0.2, 0.25) is 0 Å². The highest BCUT2D eigenvalue weighted by Crippen LogP contribution is 2.82. The molecule has 0 N–H and O–H groups in total. The van der Waals surface area contributed by atoms with Gasteiger partial charge in [0, 0.05) is 42.1 Å². The number of anilines is 1. The molecule has 7 heteroatoms. The van der Waals surface area contributed by atoms with Gasteiger partial charge >= 0.3 is 0 Å². The van der Waals surface area contributed by atoms with E-state index in [1.165, 1.54) is 5.69 Å². The molecule has 5 rings (SSSR count). The van der Waals surface area contributed by atoms with Crippen LogP contribution >= 0.6 is 47.8 Å². The second-order valence-corrected chi connectivity index (χ2v) is 12.8. The molecule has 1 aromatic carbocycles. The number of hydrogen-bond acceptors (Lipinski definition) is 3. The maximum absolute atomic E-state index is 13.7. The van der Waals surface area contributed by atoms with Gasteiger partial charge in [0.2, 0.25) is 5.91 Å². The highest BCUT2D eigenvalue weighted by Gasteiger charge is 2.83. The number of nitrogens with zero attached hydrogens (tertiary/aromatic N) is 2. The van der Waals surface area contributed by atoms with Crippen molar-refractivity contribution in [2.45, 2.75) is 35.3 Å². The van der Waals surface area contributed by atoms with E-state index in [-0.39, 0.29) is 24.8 Å². The van der Waals surface area contributed by atoms with Crippen molar-refractivity contribution < 1.29 is 9.53 Å². The number of piperazine rings is 1. The lowest BCUT2D eigenvalue weighted by Gasteiger charge is -2.67. The van der Waals surface area contributed by atoms with Gasteiger partial charge in [-0.2, -0.15) is 0 Å². The third kappa shape index (κ3) is 2.54. The number of amides is 1. The SMILES string of the molecule is COc1ccc(N2CCN(C(=O)[C@]34CC[C@@](C(Br)Br)([C@H]3Br)C4(C)C)CC2)cc1. The van der Waals surface area contributed by atoms with Gasteiger partial charge in [-0.1, -0.05) is 61.6 Å². The third-order valence-corrected chi connectivity index (χ3v) is 11.1. The number of ether oxygens (including phenoxy) is 1. The highest BCUT2D eigenvalue weighted by molar-refractivity contribution is 9.24. The summed E-state index contributed by atoms with van der Waals surface area (Å²) >= 11 is 11.5. The lowest BCUT2D eigenvalue weighted by molar-refractivity contribution is -0.173. The molecule has 154 valence electrons. The van der Waals surface area contributed by atoms with Crippen molar-refractivity contribution in [2.24, 2.45) is 16.2 Å². The largest absolute Gasteiger partial charge is 0.497 e. The quantitative estimate of drug-likeness (QED) is 0.470. The van der Waals surface area contributed by atoms with Crippen LogP contribution in [0.3, 0.4) is 0 Å². The zero-order valence-electron chi connectivity index (χ0n) is 16.6. The first-order valence-electron chi connectivity index (χ1n) is 9.83. The molecule has 1 heterocycles. The van der Waals surface area contributed by atoms with Gasteiger partial charge in [-0.25, -0.2) is 0 Å². The van der Waals surface area contributed by atoms with Crippen LogP contribution in [0.4, 0.5) is 5.69 Å². The molecule has 1 aromatic rings. The summed E-state index contributed by atoms with van der Waals surface area (Å²) in [6.45, 7) is 7.85. The topological polar surface area (TPSA) is 32.8 Å². The van der Waals surface area contributed by atoms with Crippen LogP contribution in [0.5, 0.6) is 5.75 Å². The summed E-state index contributed by atoms with van der Waals surface area (Å²) in [4.78, 5) is 18.4. The van der Waals surface area contributed by atoms with Gasteiger partial charge in [0.15, 0.2) is 0 Å². The van der Waals surface area contributed by atoms with E-state index in [0.29, 0.717) is 5.91 Å². The molecule has 1 aliphatic heterocycles. The molecule has 3 atom stereocenters. The first-order chi connectivity index (χ1) is 13.2. The average molecular weight is 579 g/mol. The number of carbonyl (C=O) groups excluding carboxylic acids is 1. The van der Waals surface area contributed by atoms with E-state index in [4.69, 9.17) is 4.74 Å². The lowest BCUT2D eigenvalue weighted by atomic mass is 9.43. The van der Waals surface area contributed by atoms with E-state index < -0.39 is 0 Å². The second kappa shape index (κ2) is 7.16. The highest BCUT2D eigenvalue weighted by atomic mass is 79.9. The van der Waals surface area contributed by atoms with E-state index in [1.54, 1.807) is 7.11 Å². The number of benzene rings is 1. The van der Waals surface area contributed by atoms with Gasteiger partial charge in [0.05, 0.1) is 16.3 Å². The summed E-state index contributed by atoms with van der Waals surface area (Å²) in [5, 5.41) is 0. The van der Waals surface area contributed by atoms with Crippen molar-refractivity contribution >= 4 is 59.4 Å². The first kappa shape index (κ1) is 21.0. The summed E-state index contributed by atoms with van der Waals surface area (Å²) in [5.74, 6) is 1.20. The summed E-state index contributed by atoms with van der Waals surface area (Å²) in [6, 6.07) is 8.17. The molecule has 0 spiro atoms. The van der Waals surface area contributed by atoms with E-state index >= 15 is 0 Å². The molecule has 1 amide bonds. The Morgan fingerprint density at radius 3 is 2.18 bits per heavy atom. The van der Waals surface area contributed by atoms with Crippen LogP contribution in [0, 0.1) is 16.2 Å². The first-order valence-corrected chi connectivity index (χ1v) is 12.6. The van der Waals surface area contributed by atoms with Crippen molar-refractivity contribution in [1.82, 2.24) is 4.90 Å². The zero-order chi connectivity index (χ0) is 20.3. The van der Waals surface area contributed by atoms with Crippen LogP contribution in [-0.2, 0) is 4.79 Å². The Morgan fingerprint density at radius 2 is 1.71 bits per heavy atom. The van der Waals surface area contributed by atoms with Crippen molar-refractivity contribution in [3.8, 4) is 5.75 Å². The van der Waals surface area contributed by atoms with Gasteiger partial charge in [-0.15, -0.1) is 0 Å². The molecule has 0 aromatic heterocycles. The Bertz CT molecular complexity index is 761. The van der Waals surface area contributed by atoms with Gasteiger partial charge < -0.3 is 14.5 Å². The molecule has 0 unspecified atom stereocenters. The number of carbonyl (C=O) groups is 1. The van der Waals surface area contributed by atoms with Crippen LogP contribution in [0.1, 0.15) is 26.7 Å². The number of fused-ring (bicyclic) bond motifs is 1. The smallest absolute Gasteiger partial charge is 0.230 e. The van der Waals surface area contributed by atoms with Crippen LogP contribution in [0.25, 0.3) is 0 Å². The summed E-state index contributed by atoms with van der Waals surface area (Å²) in [6.07, 6.45) is 2.02. The van der Waals surface area contributed by atoms with Crippen molar-refractivity contribution in [2.75, 3.05) is 38.2 Å². The lowest BCUT2D eigenvalue weighted by Crippen LogP contribution is -2.73. The summed E-state index contributed by atoms with van der Waals surface area (Å²) in [5.41, 5.74) is 0.924. The molecule has 28 heavy (non-hydrogen) atoms. The van der Waals surface area contributed by atoms with Gasteiger partial charge in [0.1, 0.15) is 5.75 Å². The number of alkyl halides is 3. The summed E-state index contributed by atoms with van der Waals surface area (Å²) < 4.78 is 5.46. The van der Waals surface area contributed by atoms with E-state index in [9.17, 15) is 4.79 Å². The van der Waals surface area contributed by atoms with Crippen LogP contribution < -0.4 is 9.64 Å². The monoisotopic (exact) mass is 576 g/mol. The number of rotatable bonds is 4. The van der Waals surface area contributed by atoms with Gasteiger partial charge in [-0.05, 0) is 42.5 Å². The molecule has 3 saturated carbocycles. The normalized spacial score (nSPS) is 33.8. The fraction of sp³-hybridized carbons (Fsp3) is 0.667. The minimum absolute atomic E-state index is 0.0456. The molecule has 1 saturated heterocycles. The number of methoxy groups -OCH3 is 1. The Morgan fingerprint density at radius 1 is 1.11 bits per heavy atom. The van der Waals surface area contributed by atoms with Crippen LogP contribution in [0.15, 0.2) is 24.3 Å². The average Bonchev–Trinajstić information content (AvgIpc) is 3.17. The molecule has 4 aliphatic rings. The van der Waals surface area contributed by atoms with Crippen molar-refractivity contribution in [1.29, 1.82) is 0 Å². The molecule has 0 radical (unpaired) electrons. The Hall–Kier alpha value is -0.270. The molecular formula is C21H27Br3N2O2. The Labute approximate surface area is 192 Å². The van der Waals surface area contributed by atoms with Crippen molar-refractivity contribution in [3.63, 3.8) is 0 Å². The Kier molecular flexibility index (Phi) is 5.36. The number of halogens is 3. The molecule has 3 aliphatic carbocycles. The van der Waals surface area contributed by atoms with E-state index in [0.717, 1.165) is 44.8 Å². The zero-order valence-corrected chi connectivity index (χ0v) is 21.3. The second-order valence-electron chi connectivity index (χ2n) is 8.78. The standard InChI is InChI=1S/C21H27Br3N2O2/c1-19(2)20(17(23)24)8-9-21(19,16(20)22)18(27)26-12-10-25(11-13-26)14-4-6-15(28-3)7-5-14/h4-7,16-17H,8-13H2,1-3H3/t16-,20+,21+/m1/s1. The molecule has 2 bridgehead atoms. The third-order valence-electron chi connectivity index (χ3n) is 7.87. The fourth-order valence-electron chi connectivity index (χ4n) is 5.91. The fourth-order valence-corrected chi connectivity index (χ4v) is 10.8. The minimum Gasteiger partial charge on any atom is -0.497 e. The van der Waals surface area contributed by atoms with E-state index in [2.05, 4.69) is 83.6 Å². The Balaban J connectivity index is 1.46. The van der Waals surface area contributed by atoms with Crippen molar-refractivity contribution in [3.05, 3.63) is 24.3 Å². The minimum atomic E-state index is -0.297. The molecular weight excluding hydrogens is 552 g/mol. The van der Waals surface area contributed by atoms with E-state index in [1.807, 2.05) is 12.1 Å². The number of hydrogen-bond donors (Lipinski definition) is 0. The van der Waals surface area contributed by atoms with Gasteiger partial charge in [0.25, 0.3) is 0 Å². The van der Waals surface area contributed by atoms with Gasteiger partial charge in [-0.3, -0.25) is 4.79 Å². The predicted octanol–water partition coefficient (Wildman–Crippen LogP) is 5.03. The summed E-state index contributed by atoms with van der Waals surface area (Å²) in [7, 11) is 1.68. The van der Waals surface area contributed by atoms with Crippen LogP contribution in [-0.4, -0.2) is 52.7 Å². The molecule has 4 fully saturated rings. The predicted molar refractivity (Wildman–Crippen MR) is 124 cm³/mol. The molecule has 4 nitrogen and oxygen atoms in total. The maximum Gasteiger partial charge on any atom is 0.230 e.